The minimum absolute atomic E-state index is 0.190. The van der Waals surface area contributed by atoms with Crippen LogP contribution in [-0.4, -0.2) is 47.5 Å². The van der Waals surface area contributed by atoms with Crippen LogP contribution < -0.4 is 5.69 Å². The fourth-order valence-electron chi connectivity index (χ4n) is 3.77. The van der Waals surface area contributed by atoms with Crippen molar-refractivity contribution in [3.63, 3.8) is 0 Å². The van der Waals surface area contributed by atoms with Gasteiger partial charge in [-0.2, -0.15) is 10.3 Å². The molecule has 0 bridgehead atoms. The van der Waals surface area contributed by atoms with Gasteiger partial charge in [-0.25, -0.2) is 9.48 Å². The Kier molecular flexibility index (Phi) is 7.26. The molecule has 0 aliphatic carbocycles. The highest BCUT2D eigenvalue weighted by atomic mass is 16.5. The Labute approximate surface area is 196 Å². The molecule has 2 aromatic carbocycles. The highest BCUT2D eigenvalue weighted by Crippen LogP contribution is 2.29. The zero-order valence-electron chi connectivity index (χ0n) is 19.3. The first-order chi connectivity index (χ1) is 16.6. The summed E-state index contributed by atoms with van der Waals surface area (Å²) in [7, 11) is 0. The molecule has 0 aliphatic rings. The number of hydrogen-bond donors (Lipinski definition) is 1. The summed E-state index contributed by atoms with van der Waals surface area (Å²) in [6, 6.07) is 15.8. The molecule has 2 aromatic heterocycles. The van der Waals surface area contributed by atoms with Gasteiger partial charge in [-0.15, -0.1) is 10.2 Å². The van der Waals surface area contributed by atoms with E-state index in [-0.39, 0.29) is 18.8 Å². The third kappa shape index (κ3) is 5.11. The minimum Gasteiger partial charge on any atom is -0.465 e. The predicted octanol–water partition coefficient (Wildman–Crippen LogP) is 2.85. The number of tetrazole rings is 1. The molecule has 0 unspecified atom stereocenters. The molecule has 4 aromatic rings. The molecule has 0 spiro atoms. The van der Waals surface area contributed by atoms with Crippen molar-refractivity contribution >= 4 is 5.97 Å². The molecule has 0 radical (unpaired) electrons. The third-order valence-electron chi connectivity index (χ3n) is 5.46. The van der Waals surface area contributed by atoms with Crippen LogP contribution in [0.4, 0.5) is 0 Å². The van der Waals surface area contributed by atoms with E-state index in [9.17, 15) is 9.59 Å². The Morgan fingerprint density at radius 3 is 2.50 bits per heavy atom. The number of ether oxygens (including phenoxy) is 1. The monoisotopic (exact) mass is 461 g/mol. The fourth-order valence-corrected chi connectivity index (χ4v) is 3.77. The molecule has 34 heavy (non-hydrogen) atoms. The minimum atomic E-state index is -0.471. The lowest BCUT2D eigenvalue weighted by molar-refractivity contribution is -0.144. The maximum absolute atomic E-state index is 13.0. The van der Waals surface area contributed by atoms with E-state index in [1.807, 2.05) is 48.5 Å². The molecule has 0 aliphatic heterocycles. The third-order valence-corrected chi connectivity index (χ3v) is 5.46. The van der Waals surface area contributed by atoms with E-state index >= 15 is 0 Å². The van der Waals surface area contributed by atoms with Gasteiger partial charge in [0.2, 0.25) is 5.82 Å². The summed E-state index contributed by atoms with van der Waals surface area (Å²) in [4.78, 5) is 24.9. The number of benzene rings is 2. The van der Waals surface area contributed by atoms with Gasteiger partial charge in [-0.3, -0.25) is 9.36 Å². The lowest BCUT2D eigenvalue weighted by Crippen LogP contribution is -2.29. The zero-order valence-corrected chi connectivity index (χ0v) is 19.3. The van der Waals surface area contributed by atoms with E-state index in [2.05, 4.69) is 32.6 Å². The van der Waals surface area contributed by atoms with Gasteiger partial charge in [0.25, 0.3) is 0 Å². The van der Waals surface area contributed by atoms with Crippen LogP contribution in [0.25, 0.3) is 22.5 Å². The highest BCUT2D eigenvalue weighted by Gasteiger charge is 2.17. The number of esters is 1. The first-order valence-electron chi connectivity index (χ1n) is 11.3. The summed E-state index contributed by atoms with van der Waals surface area (Å²) < 4.78 is 7.81. The number of nitrogens with zero attached hydrogens (tertiary/aromatic N) is 6. The lowest BCUT2D eigenvalue weighted by Gasteiger charge is -2.09. The van der Waals surface area contributed by atoms with Gasteiger partial charge >= 0.3 is 11.7 Å². The maximum atomic E-state index is 13.0. The first kappa shape index (κ1) is 23.1. The average molecular weight is 462 g/mol. The Morgan fingerprint density at radius 2 is 1.82 bits per heavy atom. The molecule has 4 rings (SSSR count). The van der Waals surface area contributed by atoms with E-state index in [0.29, 0.717) is 24.6 Å². The number of aromatic nitrogens is 7. The molecular weight excluding hydrogens is 434 g/mol. The number of rotatable bonds is 10. The van der Waals surface area contributed by atoms with Crippen LogP contribution in [0.5, 0.6) is 0 Å². The van der Waals surface area contributed by atoms with Gasteiger partial charge in [-0.05, 0) is 35.2 Å². The summed E-state index contributed by atoms with van der Waals surface area (Å²) in [6.45, 7) is 4.26. The molecular formula is C24H27N7O3. The van der Waals surface area contributed by atoms with Crippen molar-refractivity contribution in [2.75, 3.05) is 6.61 Å². The largest absolute Gasteiger partial charge is 0.465 e. The van der Waals surface area contributed by atoms with Crippen molar-refractivity contribution in [1.29, 1.82) is 0 Å². The Bertz CT molecular complexity index is 1290. The fraction of sp³-hybridized carbons (Fsp3) is 0.333. The number of carbonyl (C=O) groups is 1. The van der Waals surface area contributed by atoms with Crippen molar-refractivity contribution < 1.29 is 9.53 Å². The number of aromatic amines is 1. The molecule has 10 heteroatoms. The first-order valence-corrected chi connectivity index (χ1v) is 11.3. The number of carbonyl (C=O) groups excluding carboxylic acids is 1. The van der Waals surface area contributed by atoms with Crippen LogP contribution in [0.15, 0.2) is 53.3 Å². The molecule has 176 valence electrons. The maximum Gasteiger partial charge on any atom is 0.346 e. The zero-order chi connectivity index (χ0) is 23.9. The van der Waals surface area contributed by atoms with Crippen molar-refractivity contribution in [3.05, 3.63) is 70.4 Å². The molecule has 10 nitrogen and oxygen atoms in total. The standard InChI is InChI=1S/C24H27N7O3/c1-3-5-10-21-27-31(16-22(32)34-4-2)24(33)30(21)15-17-11-13-18(14-12-17)19-8-6-7-9-20(19)23-25-28-29-26-23/h6-9,11-14H,3-5,10,15-16H2,1-2H3,(H,25,26,28,29). The van der Waals surface area contributed by atoms with E-state index in [0.717, 1.165) is 35.1 Å². The normalized spacial score (nSPS) is 11.0. The number of H-pyrrole nitrogens is 1. The number of unbranched alkanes of at least 4 members (excludes halogenated alkanes) is 1. The van der Waals surface area contributed by atoms with Crippen molar-refractivity contribution in [1.82, 2.24) is 35.0 Å². The molecule has 0 saturated carbocycles. The summed E-state index contributed by atoms with van der Waals surface area (Å²) in [5, 5.41) is 18.8. The second kappa shape index (κ2) is 10.7. The second-order valence-electron chi connectivity index (χ2n) is 7.83. The van der Waals surface area contributed by atoms with Crippen LogP contribution in [0.3, 0.4) is 0 Å². The van der Waals surface area contributed by atoms with Crippen LogP contribution in [-0.2, 0) is 29.0 Å². The van der Waals surface area contributed by atoms with Crippen molar-refractivity contribution in [2.45, 2.75) is 46.2 Å². The number of nitrogens with one attached hydrogen (secondary N) is 1. The molecule has 2 heterocycles. The SMILES string of the molecule is CCCCc1nn(CC(=O)OCC)c(=O)n1Cc1ccc(-c2ccccc2-c2nn[nH]n2)cc1. The van der Waals surface area contributed by atoms with Crippen LogP contribution in [0.2, 0.25) is 0 Å². The van der Waals surface area contributed by atoms with E-state index in [4.69, 9.17) is 4.74 Å². The quantitative estimate of drug-likeness (QED) is 0.361. The van der Waals surface area contributed by atoms with Crippen molar-refractivity contribution in [2.24, 2.45) is 0 Å². The Morgan fingerprint density at radius 1 is 1.06 bits per heavy atom. The Hall–Kier alpha value is -4.08. The lowest BCUT2D eigenvalue weighted by atomic mass is 9.98. The summed E-state index contributed by atoms with van der Waals surface area (Å²) >= 11 is 0. The van der Waals surface area contributed by atoms with Crippen LogP contribution in [0.1, 0.15) is 38.1 Å². The predicted molar refractivity (Wildman–Crippen MR) is 126 cm³/mol. The van der Waals surface area contributed by atoms with Gasteiger partial charge in [0.05, 0.1) is 13.2 Å². The van der Waals surface area contributed by atoms with E-state index < -0.39 is 5.97 Å². The van der Waals surface area contributed by atoms with Gasteiger partial charge < -0.3 is 4.74 Å². The second-order valence-corrected chi connectivity index (χ2v) is 7.83. The summed E-state index contributed by atoms with van der Waals surface area (Å²) in [5.74, 6) is 0.726. The molecule has 0 saturated heterocycles. The highest BCUT2D eigenvalue weighted by molar-refractivity contribution is 5.80. The van der Waals surface area contributed by atoms with Crippen LogP contribution in [0, 0.1) is 0 Å². The molecule has 0 fully saturated rings. The molecule has 0 atom stereocenters. The number of hydrogen-bond acceptors (Lipinski definition) is 7. The summed E-state index contributed by atoms with van der Waals surface area (Å²) in [6.07, 6.45) is 2.55. The van der Waals surface area contributed by atoms with Crippen LogP contribution >= 0.6 is 0 Å². The van der Waals surface area contributed by atoms with Gasteiger partial charge in [0.1, 0.15) is 12.4 Å². The topological polar surface area (TPSA) is 121 Å². The smallest absolute Gasteiger partial charge is 0.346 e. The van der Waals surface area contributed by atoms with Gasteiger partial charge in [-0.1, -0.05) is 61.9 Å². The van der Waals surface area contributed by atoms with E-state index in [1.165, 1.54) is 4.68 Å². The number of aryl methyl sites for hydroxylation is 1. The van der Waals surface area contributed by atoms with Gasteiger partial charge in [0.15, 0.2) is 0 Å². The van der Waals surface area contributed by atoms with Gasteiger partial charge in [0, 0.05) is 12.0 Å². The molecule has 0 amide bonds. The molecule has 1 N–H and O–H groups in total. The summed E-state index contributed by atoms with van der Waals surface area (Å²) in [5.41, 5.74) is 3.50. The Balaban J connectivity index is 1.60. The van der Waals surface area contributed by atoms with Crippen molar-refractivity contribution in [3.8, 4) is 22.5 Å². The van der Waals surface area contributed by atoms with E-state index in [1.54, 1.807) is 11.5 Å². The average Bonchev–Trinajstić information content (AvgIpc) is 3.48.